The lowest BCUT2D eigenvalue weighted by atomic mass is 9.97. The van der Waals surface area contributed by atoms with Gasteiger partial charge in [-0.1, -0.05) is 17.7 Å². The normalized spacial score (nSPS) is 17.1. The van der Waals surface area contributed by atoms with Crippen LogP contribution >= 0.6 is 11.6 Å². The van der Waals surface area contributed by atoms with E-state index in [9.17, 15) is 4.79 Å². The topological polar surface area (TPSA) is 63.2 Å². The van der Waals surface area contributed by atoms with Gasteiger partial charge in [-0.15, -0.1) is 0 Å². The van der Waals surface area contributed by atoms with E-state index in [0.29, 0.717) is 11.6 Å². The minimum atomic E-state index is -0.119. The number of esters is 1. The molecule has 0 aliphatic carbocycles. The maximum Gasteiger partial charge on any atom is 0.308 e. The molecule has 0 spiro atoms. The number of halogens is 1. The van der Waals surface area contributed by atoms with Gasteiger partial charge in [0, 0.05) is 25.2 Å². The van der Waals surface area contributed by atoms with Gasteiger partial charge < -0.3 is 19.7 Å². The standard InChI is InChI=1S/C18H26ClN3O3/c1-13(25-16-6-4-5-15(19)11-16)12-21-18(20-2)22-9-7-14(8-10-22)17(23)24-3/h4-6,11,13-14H,7-10,12H2,1-3H3,(H,20,21). The molecule has 1 fully saturated rings. The Morgan fingerprint density at radius 2 is 2.16 bits per heavy atom. The summed E-state index contributed by atoms with van der Waals surface area (Å²) in [5.74, 6) is 1.44. The second-order valence-corrected chi connectivity index (χ2v) is 6.53. The second-order valence-electron chi connectivity index (χ2n) is 6.10. The molecule has 6 nitrogen and oxygen atoms in total. The third-order valence-corrected chi connectivity index (χ3v) is 4.46. The zero-order valence-electron chi connectivity index (χ0n) is 15.0. The van der Waals surface area contributed by atoms with Gasteiger partial charge in [-0.25, -0.2) is 0 Å². The van der Waals surface area contributed by atoms with Crippen molar-refractivity contribution in [1.82, 2.24) is 10.2 Å². The highest BCUT2D eigenvalue weighted by molar-refractivity contribution is 6.30. The van der Waals surface area contributed by atoms with Crippen LogP contribution in [-0.4, -0.2) is 56.7 Å². The lowest BCUT2D eigenvalue weighted by Gasteiger charge is -2.33. The van der Waals surface area contributed by atoms with Crippen LogP contribution in [0.15, 0.2) is 29.3 Å². The number of carbonyl (C=O) groups is 1. The highest BCUT2D eigenvalue weighted by atomic mass is 35.5. The zero-order valence-corrected chi connectivity index (χ0v) is 15.8. The fraction of sp³-hybridized carbons (Fsp3) is 0.556. The summed E-state index contributed by atoms with van der Waals surface area (Å²) >= 11 is 5.97. The summed E-state index contributed by atoms with van der Waals surface area (Å²) < 4.78 is 10.7. The van der Waals surface area contributed by atoms with Gasteiger partial charge in [-0.2, -0.15) is 0 Å². The van der Waals surface area contributed by atoms with E-state index >= 15 is 0 Å². The predicted octanol–water partition coefficient (Wildman–Crippen LogP) is 2.57. The van der Waals surface area contributed by atoms with Crippen LogP contribution in [0.1, 0.15) is 19.8 Å². The molecule has 1 aromatic rings. The van der Waals surface area contributed by atoms with Crippen molar-refractivity contribution in [2.75, 3.05) is 33.8 Å². The second kappa shape index (κ2) is 9.51. The summed E-state index contributed by atoms with van der Waals surface area (Å²) in [5, 5.41) is 3.99. The average molecular weight is 368 g/mol. The van der Waals surface area contributed by atoms with Gasteiger partial charge in [-0.05, 0) is 38.0 Å². The van der Waals surface area contributed by atoms with Crippen molar-refractivity contribution in [1.29, 1.82) is 0 Å². The molecule has 0 bridgehead atoms. The van der Waals surface area contributed by atoms with Crippen LogP contribution in [0.4, 0.5) is 0 Å². The fourth-order valence-electron chi connectivity index (χ4n) is 2.88. The van der Waals surface area contributed by atoms with Crippen molar-refractivity contribution in [2.45, 2.75) is 25.9 Å². The Kier molecular flexibility index (Phi) is 7.37. The fourth-order valence-corrected chi connectivity index (χ4v) is 3.06. The number of carbonyl (C=O) groups excluding carboxylic acids is 1. The number of nitrogens with one attached hydrogen (secondary N) is 1. The number of hydrogen-bond acceptors (Lipinski definition) is 4. The van der Waals surface area contributed by atoms with Gasteiger partial charge in [0.2, 0.25) is 0 Å². The molecule has 2 rings (SSSR count). The van der Waals surface area contributed by atoms with Gasteiger partial charge in [-0.3, -0.25) is 9.79 Å². The van der Waals surface area contributed by atoms with Gasteiger partial charge in [0.1, 0.15) is 11.9 Å². The van der Waals surface area contributed by atoms with Crippen LogP contribution in [-0.2, 0) is 9.53 Å². The molecule has 0 aromatic heterocycles. The Morgan fingerprint density at radius 1 is 1.44 bits per heavy atom. The number of aliphatic imine (C=N–C) groups is 1. The van der Waals surface area contributed by atoms with Crippen LogP contribution in [0.3, 0.4) is 0 Å². The Labute approximate surface area is 154 Å². The number of likely N-dealkylation sites (tertiary alicyclic amines) is 1. The highest BCUT2D eigenvalue weighted by Gasteiger charge is 2.27. The Morgan fingerprint density at radius 3 is 2.76 bits per heavy atom. The quantitative estimate of drug-likeness (QED) is 0.492. The largest absolute Gasteiger partial charge is 0.489 e. The van der Waals surface area contributed by atoms with E-state index in [2.05, 4.69) is 15.2 Å². The van der Waals surface area contributed by atoms with E-state index in [1.54, 1.807) is 13.1 Å². The molecule has 1 N–H and O–H groups in total. The number of rotatable bonds is 5. The monoisotopic (exact) mass is 367 g/mol. The number of piperidine rings is 1. The van der Waals surface area contributed by atoms with Crippen molar-refractivity contribution in [3.8, 4) is 5.75 Å². The molecule has 1 aliphatic rings. The molecule has 1 aromatic carbocycles. The number of guanidine groups is 1. The van der Waals surface area contributed by atoms with E-state index in [0.717, 1.165) is 37.6 Å². The predicted molar refractivity (Wildman–Crippen MR) is 99.2 cm³/mol. The Bertz CT molecular complexity index is 601. The summed E-state index contributed by atoms with van der Waals surface area (Å²) in [4.78, 5) is 18.1. The summed E-state index contributed by atoms with van der Waals surface area (Å²) in [7, 11) is 3.20. The summed E-state index contributed by atoms with van der Waals surface area (Å²) in [6.07, 6.45) is 1.52. The maximum absolute atomic E-state index is 11.6. The third kappa shape index (κ3) is 5.81. The molecule has 1 saturated heterocycles. The van der Waals surface area contributed by atoms with Crippen LogP contribution in [0.5, 0.6) is 5.75 Å². The first-order valence-electron chi connectivity index (χ1n) is 8.49. The highest BCUT2D eigenvalue weighted by Crippen LogP contribution is 2.19. The van der Waals surface area contributed by atoms with Crippen molar-refractivity contribution in [2.24, 2.45) is 10.9 Å². The average Bonchev–Trinajstić information content (AvgIpc) is 2.62. The lowest BCUT2D eigenvalue weighted by Crippen LogP contribution is -2.48. The molecule has 1 atom stereocenters. The molecule has 7 heteroatoms. The Balaban J connectivity index is 1.79. The maximum atomic E-state index is 11.6. The summed E-state index contributed by atoms with van der Waals surface area (Å²) in [6.45, 7) is 4.17. The summed E-state index contributed by atoms with van der Waals surface area (Å²) in [6, 6.07) is 7.36. The first kappa shape index (κ1) is 19.4. The molecule has 1 unspecified atom stereocenters. The molecule has 25 heavy (non-hydrogen) atoms. The number of ether oxygens (including phenoxy) is 2. The van der Waals surface area contributed by atoms with E-state index in [1.807, 2.05) is 25.1 Å². The van der Waals surface area contributed by atoms with Crippen molar-refractivity contribution >= 4 is 23.5 Å². The van der Waals surface area contributed by atoms with Crippen LogP contribution in [0.2, 0.25) is 5.02 Å². The number of hydrogen-bond donors (Lipinski definition) is 1. The number of nitrogens with zero attached hydrogens (tertiary/aromatic N) is 2. The third-order valence-electron chi connectivity index (χ3n) is 4.22. The van der Waals surface area contributed by atoms with E-state index < -0.39 is 0 Å². The van der Waals surface area contributed by atoms with Crippen molar-refractivity contribution in [3.63, 3.8) is 0 Å². The van der Waals surface area contributed by atoms with Crippen LogP contribution < -0.4 is 10.1 Å². The molecular weight excluding hydrogens is 342 g/mol. The van der Waals surface area contributed by atoms with Gasteiger partial charge in [0.25, 0.3) is 0 Å². The minimum Gasteiger partial charge on any atom is -0.489 e. The first-order valence-corrected chi connectivity index (χ1v) is 8.87. The minimum absolute atomic E-state index is 0.00978. The molecule has 1 aliphatic heterocycles. The van der Waals surface area contributed by atoms with Gasteiger partial charge in [0.15, 0.2) is 5.96 Å². The molecule has 0 amide bonds. The van der Waals surface area contributed by atoms with E-state index in [4.69, 9.17) is 21.1 Å². The molecule has 138 valence electrons. The lowest BCUT2D eigenvalue weighted by molar-refractivity contribution is -0.146. The van der Waals surface area contributed by atoms with Crippen LogP contribution in [0.25, 0.3) is 0 Å². The van der Waals surface area contributed by atoms with E-state index in [1.165, 1.54) is 7.11 Å². The first-order chi connectivity index (χ1) is 12.0. The van der Waals surface area contributed by atoms with Crippen LogP contribution in [0, 0.1) is 5.92 Å². The van der Waals surface area contributed by atoms with Gasteiger partial charge >= 0.3 is 5.97 Å². The van der Waals surface area contributed by atoms with Crippen molar-refractivity contribution < 1.29 is 14.3 Å². The Hall–Kier alpha value is -1.95. The van der Waals surface area contributed by atoms with Crippen molar-refractivity contribution in [3.05, 3.63) is 29.3 Å². The number of benzene rings is 1. The number of methoxy groups -OCH3 is 1. The SMILES string of the molecule is CN=C(NCC(C)Oc1cccc(Cl)c1)N1CCC(C(=O)OC)CC1. The smallest absolute Gasteiger partial charge is 0.308 e. The molecule has 0 saturated carbocycles. The molecule has 0 radical (unpaired) electrons. The molecular formula is C18H26ClN3O3. The zero-order chi connectivity index (χ0) is 18.2. The molecule has 1 heterocycles. The van der Waals surface area contributed by atoms with E-state index in [-0.39, 0.29) is 18.0 Å². The summed E-state index contributed by atoms with van der Waals surface area (Å²) in [5.41, 5.74) is 0. The van der Waals surface area contributed by atoms with Gasteiger partial charge in [0.05, 0.1) is 19.6 Å².